The van der Waals surface area contributed by atoms with Gasteiger partial charge in [0.2, 0.25) is 0 Å². The Kier molecular flexibility index (Phi) is 2.59. The zero-order valence-electron chi connectivity index (χ0n) is 7.87. The van der Waals surface area contributed by atoms with Gasteiger partial charge in [0.25, 0.3) is 5.91 Å². The molecule has 2 rings (SSSR count). The summed E-state index contributed by atoms with van der Waals surface area (Å²) in [5.41, 5.74) is 0.461. The number of hydrogen-bond donors (Lipinski definition) is 2. The van der Waals surface area contributed by atoms with Crippen LogP contribution in [0.15, 0.2) is 27.3 Å². The molecule has 0 aliphatic carbocycles. The molecule has 0 radical (unpaired) electrons. The molecule has 0 bridgehead atoms. The van der Waals surface area contributed by atoms with Crippen molar-refractivity contribution in [2.45, 2.75) is 6.92 Å². The van der Waals surface area contributed by atoms with Crippen molar-refractivity contribution in [3.63, 3.8) is 0 Å². The molecule has 0 spiro atoms. The van der Waals surface area contributed by atoms with Gasteiger partial charge in [-0.2, -0.15) is 0 Å². The third kappa shape index (κ3) is 2.27. The maximum Gasteiger partial charge on any atom is 0.273 e. The Morgan fingerprint density at radius 3 is 2.93 bits per heavy atom. The van der Waals surface area contributed by atoms with E-state index in [0.717, 1.165) is 4.47 Å². The van der Waals surface area contributed by atoms with Gasteiger partial charge >= 0.3 is 0 Å². The molecule has 0 atom stereocenters. The Bertz CT molecular complexity index is 489. The number of aryl methyl sites for hydroxylation is 1. The Labute approximate surface area is 94.0 Å². The van der Waals surface area contributed by atoms with E-state index in [4.69, 9.17) is 4.52 Å². The van der Waals surface area contributed by atoms with Gasteiger partial charge in [0.1, 0.15) is 11.5 Å². The number of aromatic amines is 1. The normalized spacial score (nSPS) is 10.3. The van der Waals surface area contributed by atoms with Crippen LogP contribution in [0.1, 0.15) is 16.2 Å². The van der Waals surface area contributed by atoms with Crippen LogP contribution >= 0.6 is 15.9 Å². The van der Waals surface area contributed by atoms with E-state index in [2.05, 4.69) is 31.4 Å². The van der Waals surface area contributed by atoms with Gasteiger partial charge < -0.3 is 14.8 Å². The molecular formula is C9H8BrN3O2. The van der Waals surface area contributed by atoms with Gasteiger partial charge in [0.05, 0.1) is 0 Å². The number of aromatic nitrogens is 2. The van der Waals surface area contributed by atoms with E-state index in [1.165, 1.54) is 0 Å². The van der Waals surface area contributed by atoms with Crippen molar-refractivity contribution in [1.82, 2.24) is 10.1 Å². The summed E-state index contributed by atoms with van der Waals surface area (Å²) in [5, 5.41) is 6.25. The second-order valence-corrected chi connectivity index (χ2v) is 3.92. The van der Waals surface area contributed by atoms with Crippen LogP contribution in [0.2, 0.25) is 0 Å². The monoisotopic (exact) mass is 269 g/mol. The Morgan fingerprint density at radius 2 is 2.40 bits per heavy atom. The predicted molar refractivity (Wildman–Crippen MR) is 57.7 cm³/mol. The lowest BCUT2D eigenvalue weighted by Gasteiger charge is -1.96. The molecule has 1 amide bonds. The van der Waals surface area contributed by atoms with Crippen LogP contribution in [0.3, 0.4) is 0 Å². The number of amides is 1. The minimum atomic E-state index is -0.256. The van der Waals surface area contributed by atoms with Gasteiger partial charge in [0.15, 0.2) is 5.82 Å². The highest BCUT2D eigenvalue weighted by Gasteiger charge is 2.10. The quantitative estimate of drug-likeness (QED) is 0.879. The highest BCUT2D eigenvalue weighted by atomic mass is 79.9. The molecule has 5 nitrogen and oxygen atoms in total. The van der Waals surface area contributed by atoms with Gasteiger partial charge in [-0.25, -0.2) is 0 Å². The van der Waals surface area contributed by atoms with Crippen LogP contribution in [-0.2, 0) is 0 Å². The van der Waals surface area contributed by atoms with E-state index in [-0.39, 0.29) is 5.91 Å². The Morgan fingerprint density at radius 1 is 1.60 bits per heavy atom. The molecule has 15 heavy (non-hydrogen) atoms. The standard InChI is InChI=1S/C9H8BrN3O2/c1-5-2-8(13-15-5)12-9(14)7-3-6(10)4-11-7/h2-4,11H,1H3,(H,12,13,14). The van der Waals surface area contributed by atoms with Crippen molar-refractivity contribution in [2.24, 2.45) is 0 Å². The minimum Gasteiger partial charge on any atom is -0.360 e. The lowest BCUT2D eigenvalue weighted by atomic mass is 10.4. The Balaban J connectivity index is 2.10. The van der Waals surface area contributed by atoms with E-state index >= 15 is 0 Å². The highest BCUT2D eigenvalue weighted by molar-refractivity contribution is 9.10. The maximum atomic E-state index is 11.6. The summed E-state index contributed by atoms with van der Waals surface area (Å²) in [4.78, 5) is 14.4. The average Bonchev–Trinajstić information content (AvgIpc) is 2.75. The molecule has 0 aromatic carbocycles. The zero-order chi connectivity index (χ0) is 10.8. The molecule has 0 unspecified atom stereocenters. The number of nitrogens with one attached hydrogen (secondary N) is 2. The fourth-order valence-corrected chi connectivity index (χ4v) is 1.45. The van der Waals surface area contributed by atoms with Crippen LogP contribution in [0, 0.1) is 6.92 Å². The number of H-pyrrole nitrogens is 1. The van der Waals surface area contributed by atoms with E-state index in [0.29, 0.717) is 17.3 Å². The van der Waals surface area contributed by atoms with Crippen LogP contribution in [0.25, 0.3) is 0 Å². The van der Waals surface area contributed by atoms with Crippen LogP contribution in [0.4, 0.5) is 5.82 Å². The third-order valence-electron chi connectivity index (χ3n) is 1.76. The maximum absolute atomic E-state index is 11.6. The molecule has 6 heteroatoms. The highest BCUT2D eigenvalue weighted by Crippen LogP contribution is 2.13. The first-order valence-electron chi connectivity index (χ1n) is 4.24. The van der Waals surface area contributed by atoms with E-state index in [1.54, 1.807) is 25.3 Å². The summed E-state index contributed by atoms with van der Waals surface area (Å²) in [7, 11) is 0. The number of nitrogens with zero attached hydrogens (tertiary/aromatic N) is 1. The molecular weight excluding hydrogens is 262 g/mol. The van der Waals surface area contributed by atoms with Crippen LogP contribution in [0.5, 0.6) is 0 Å². The molecule has 0 aliphatic rings. The van der Waals surface area contributed by atoms with Crippen molar-refractivity contribution in [3.8, 4) is 0 Å². The molecule has 78 valence electrons. The molecule has 2 N–H and O–H groups in total. The SMILES string of the molecule is Cc1cc(NC(=O)c2cc(Br)c[nH]2)no1. The summed E-state index contributed by atoms with van der Waals surface area (Å²) < 4.78 is 5.65. The molecule has 0 fully saturated rings. The van der Waals surface area contributed by atoms with Crippen molar-refractivity contribution >= 4 is 27.7 Å². The largest absolute Gasteiger partial charge is 0.360 e. The van der Waals surface area contributed by atoms with E-state index < -0.39 is 0 Å². The third-order valence-corrected chi connectivity index (χ3v) is 2.22. The predicted octanol–water partition coefficient (Wildman–Crippen LogP) is 2.33. The fraction of sp³-hybridized carbons (Fsp3) is 0.111. The summed E-state index contributed by atoms with van der Waals surface area (Å²) in [6, 6.07) is 3.33. The topological polar surface area (TPSA) is 70.9 Å². The van der Waals surface area contributed by atoms with Gasteiger partial charge in [-0.3, -0.25) is 4.79 Å². The summed E-state index contributed by atoms with van der Waals surface area (Å²) >= 11 is 3.24. The second-order valence-electron chi connectivity index (χ2n) is 3.01. The molecule has 0 aliphatic heterocycles. The lowest BCUT2D eigenvalue weighted by Crippen LogP contribution is -2.12. The molecule has 2 heterocycles. The Hall–Kier alpha value is -1.56. The van der Waals surface area contributed by atoms with Crippen molar-refractivity contribution in [2.75, 3.05) is 5.32 Å². The number of hydrogen-bond acceptors (Lipinski definition) is 3. The van der Waals surface area contributed by atoms with Gasteiger partial charge in [-0.1, -0.05) is 5.16 Å². The molecule has 2 aromatic rings. The van der Waals surface area contributed by atoms with E-state index in [9.17, 15) is 4.79 Å². The van der Waals surface area contributed by atoms with Gasteiger partial charge in [0, 0.05) is 16.7 Å². The first kappa shape index (κ1) is 9.97. The lowest BCUT2D eigenvalue weighted by molar-refractivity contribution is 0.102. The van der Waals surface area contributed by atoms with Crippen molar-refractivity contribution in [1.29, 1.82) is 0 Å². The second kappa shape index (κ2) is 3.90. The first-order chi connectivity index (χ1) is 7.15. The van der Waals surface area contributed by atoms with Gasteiger partial charge in [-0.15, -0.1) is 0 Å². The van der Waals surface area contributed by atoms with Gasteiger partial charge in [-0.05, 0) is 28.9 Å². The minimum absolute atomic E-state index is 0.256. The number of carbonyl (C=O) groups is 1. The zero-order valence-corrected chi connectivity index (χ0v) is 9.46. The van der Waals surface area contributed by atoms with Crippen molar-refractivity contribution < 1.29 is 9.32 Å². The summed E-state index contributed by atoms with van der Waals surface area (Å²) in [6.07, 6.45) is 1.68. The van der Waals surface area contributed by atoms with E-state index in [1.807, 2.05) is 0 Å². The number of halogens is 1. The number of anilines is 1. The van der Waals surface area contributed by atoms with Crippen molar-refractivity contribution in [3.05, 3.63) is 34.3 Å². The molecule has 0 saturated heterocycles. The summed E-state index contributed by atoms with van der Waals surface area (Å²) in [6.45, 7) is 1.76. The number of rotatable bonds is 2. The number of carbonyl (C=O) groups excluding carboxylic acids is 1. The molecule has 2 aromatic heterocycles. The van der Waals surface area contributed by atoms with Crippen LogP contribution in [-0.4, -0.2) is 16.0 Å². The first-order valence-corrected chi connectivity index (χ1v) is 5.03. The average molecular weight is 270 g/mol. The fourth-order valence-electron chi connectivity index (χ4n) is 1.11. The molecule has 0 saturated carbocycles. The smallest absolute Gasteiger partial charge is 0.273 e. The summed E-state index contributed by atoms with van der Waals surface area (Å²) in [5.74, 6) is 0.801. The van der Waals surface area contributed by atoms with Crippen LogP contribution < -0.4 is 5.32 Å².